The molecule has 0 radical (unpaired) electrons. The zero-order valence-corrected chi connectivity index (χ0v) is 14.7. The van der Waals surface area contributed by atoms with Gasteiger partial charge in [0, 0.05) is 5.56 Å². The summed E-state index contributed by atoms with van der Waals surface area (Å²) in [5, 5.41) is 9.92. The van der Waals surface area contributed by atoms with Crippen LogP contribution in [0.25, 0.3) is 0 Å². The minimum absolute atomic E-state index is 0.0181. The fourth-order valence-electron chi connectivity index (χ4n) is 3.89. The minimum atomic E-state index is -0.885. The molecule has 130 valence electrons. The molecule has 0 bridgehead atoms. The summed E-state index contributed by atoms with van der Waals surface area (Å²) in [5.74, 6) is -1.68. The maximum Gasteiger partial charge on any atom is 0.313 e. The van der Waals surface area contributed by atoms with Crippen molar-refractivity contribution in [2.75, 3.05) is 0 Å². The van der Waals surface area contributed by atoms with Crippen LogP contribution in [0.15, 0.2) is 54.6 Å². The van der Waals surface area contributed by atoms with E-state index in [2.05, 4.69) is 0 Å². The predicted molar refractivity (Wildman–Crippen MR) is 96.5 cm³/mol. The van der Waals surface area contributed by atoms with Gasteiger partial charge in [-0.2, -0.15) is 0 Å². The lowest BCUT2D eigenvalue weighted by molar-refractivity contribution is -0.141. The molecule has 4 heteroatoms. The van der Waals surface area contributed by atoms with Crippen LogP contribution in [0, 0.1) is 5.92 Å². The number of aliphatic carboxylic acids is 1. The van der Waals surface area contributed by atoms with Crippen molar-refractivity contribution in [2.24, 2.45) is 5.92 Å². The highest BCUT2D eigenvalue weighted by Crippen LogP contribution is 2.41. The number of carboxylic acid groups (broad SMARTS) is 1. The van der Waals surface area contributed by atoms with E-state index in [1.807, 2.05) is 51.1 Å². The molecule has 0 aliphatic carbocycles. The Morgan fingerprint density at radius 3 is 2.20 bits per heavy atom. The van der Waals surface area contributed by atoms with Gasteiger partial charge < -0.3 is 10.0 Å². The lowest BCUT2D eigenvalue weighted by Crippen LogP contribution is -2.53. The second kappa shape index (κ2) is 6.71. The lowest BCUT2D eigenvalue weighted by Gasteiger charge is -2.45. The topological polar surface area (TPSA) is 57.6 Å². The first-order chi connectivity index (χ1) is 11.9. The van der Waals surface area contributed by atoms with Gasteiger partial charge in [-0.3, -0.25) is 9.59 Å². The third-order valence-electron chi connectivity index (χ3n) is 5.07. The number of carboxylic acids is 1. The molecule has 0 fully saturated rings. The molecule has 1 amide bonds. The van der Waals surface area contributed by atoms with Crippen molar-refractivity contribution in [1.82, 2.24) is 4.90 Å². The molecular formula is C21H23NO3. The summed E-state index contributed by atoms with van der Waals surface area (Å²) in [5.41, 5.74) is 2.12. The Morgan fingerprint density at radius 2 is 1.60 bits per heavy atom. The van der Waals surface area contributed by atoms with E-state index in [-0.39, 0.29) is 17.9 Å². The van der Waals surface area contributed by atoms with Crippen molar-refractivity contribution in [3.8, 4) is 0 Å². The Morgan fingerprint density at radius 1 is 1.00 bits per heavy atom. The number of benzene rings is 2. The highest BCUT2D eigenvalue weighted by atomic mass is 16.4. The van der Waals surface area contributed by atoms with Gasteiger partial charge in [0.2, 0.25) is 0 Å². The molecule has 0 aromatic heterocycles. The summed E-state index contributed by atoms with van der Waals surface area (Å²) in [6.07, 6.45) is 0. The summed E-state index contributed by atoms with van der Waals surface area (Å²) in [6, 6.07) is 16.3. The van der Waals surface area contributed by atoms with Gasteiger partial charge in [0.15, 0.2) is 0 Å². The molecule has 1 aliphatic rings. The Labute approximate surface area is 148 Å². The molecule has 3 unspecified atom stereocenters. The summed E-state index contributed by atoms with van der Waals surface area (Å²) < 4.78 is 0. The van der Waals surface area contributed by atoms with E-state index in [0.29, 0.717) is 11.1 Å². The van der Waals surface area contributed by atoms with E-state index < -0.39 is 17.9 Å². The first-order valence-electron chi connectivity index (χ1n) is 8.62. The molecule has 0 spiro atoms. The summed E-state index contributed by atoms with van der Waals surface area (Å²) in [4.78, 5) is 27.1. The molecule has 3 atom stereocenters. The Kier molecular flexibility index (Phi) is 4.62. The zero-order valence-electron chi connectivity index (χ0n) is 14.7. The maximum absolute atomic E-state index is 13.2. The third kappa shape index (κ3) is 2.93. The number of carbonyl (C=O) groups excluding carboxylic acids is 1. The van der Waals surface area contributed by atoms with E-state index in [4.69, 9.17) is 0 Å². The Hall–Kier alpha value is -2.62. The quantitative estimate of drug-likeness (QED) is 0.914. The predicted octanol–water partition coefficient (Wildman–Crippen LogP) is 4.10. The van der Waals surface area contributed by atoms with E-state index >= 15 is 0 Å². The van der Waals surface area contributed by atoms with Crippen LogP contribution in [0.2, 0.25) is 0 Å². The molecule has 2 aromatic carbocycles. The second-order valence-corrected chi connectivity index (χ2v) is 6.94. The van der Waals surface area contributed by atoms with Gasteiger partial charge in [-0.25, -0.2) is 0 Å². The summed E-state index contributed by atoms with van der Waals surface area (Å²) in [6.45, 7) is 5.93. The van der Waals surface area contributed by atoms with Crippen molar-refractivity contribution in [3.63, 3.8) is 0 Å². The molecule has 25 heavy (non-hydrogen) atoms. The van der Waals surface area contributed by atoms with Gasteiger partial charge in [0.05, 0.1) is 12.1 Å². The fourth-order valence-corrected chi connectivity index (χ4v) is 3.89. The molecule has 1 N–H and O–H groups in total. The number of nitrogens with zero attached hydrogens (tertiary/aromatic N) is 1. The van der Waals surface area contributed by atoms with Gasteiger partial charge in [-0.15, -0.1) is 0 Å². The monoisotopic (exact) mass is 337 g/mol. The molecule has 4 nitrogen and oxygen atoms in total. The summed E-state index contributed by atoms with van der Waals surface area (Å²) >= 11 is 0. The van der Waals surface area contributed by atoms with Crippen LogP contribution >= 0.6 is 0 Å². The van der Waals surface area contributed by atoms with Gasteiger partial charge in [0.1, 0.15) is 5.92 Å². The molecular weight excluding hydrogens is 314 g/mol. The number of hydrogen-bond donors (Lipinski definition) is 1. The van der Waals surface area contributed by atoms with Crippen LogP contribution in [0.3, 0.4) is 0 Å². The van der Waals surface area contributed by atoms with Crippen molar-refractivity contribution in [2.45, 2.75) is 38.8 Å². The number of carbonyl (C=O) groups is 2. The standard InChI is InChI=1S/C21H23NO3/c1-13(2)19-18(21(24)25)16-11-7-8-12-17(16)20(23)22(19)14(3)15-9-5-4-6-10-15/h4-14,18-19H,1-3H3,(H,24,25). The van der Waals surface area contributed by atoms with Gasteiger partial charge in [-0.1, -0.05) is 62.4 Å². The number of hydrogen-bond acceptors (Lipinski definition) is 2. The maximum atomic E-state index is 13.2. The zero-order chi connectivity index (χ0) is 18.1. The van der Waals surface area contributed by atoms with Crippen LogP contribution in [0.1, 0.15) is 54.2 Å². The normalized spacial score (nSPS) is 21.1. The van der Waals surface area contributed by atoms with Crippen LogP contribution < -0.4 is 0 Å². The largest absolute Gasteiger partial charge is 0.481 e. The van der Waals surface area contributed by atoms with Crippen LogP contribution in [-0.2, 0) is 4.79 Å². The van der Waals surface area contributed by atoms with Crippen molar-refractivity contribution < 1.29 is 14.7 Å². The van der Waals surface area contributed by atoms with Crippen LogP contribution in [0.4, 0.5) is 0 Å². The highest BCUT2D eigenvalue weighted by molar-refractivity contribution is 6.00. The molecule has 1 aliphatic heterocycles. The third-order valence-corrected chi connectivity index (χ3v) is 5.07. The van der Waals surface area contributed by atoms with E-state index in [1.54, 1.807) is 29.2 Å². The van der Waals surface area contributed by atoms with E-state index in [9.17, 15) is 14.7 Å². The highest BCUT2D eigenvalue weighted by Gasteiger charge is 2.46. The Balaban J connectivity index is 2.16. The first kappa shape index (κ1) is 17.2. The molecule has 3 rings (SSSR count). The fraction of sp³-hybridized carbons (Fsp3) is 0.333. The lowest BCUT2D eigenvalue weighted by atomic mass is 9.77. The first-order valence-corrected chi connectivity index (χ1v) is 8.62. The van der Waals surface area contributed by atoms with E-state index in [1.165, 1.54) is 0 Å². The van der Waals surface area contributed by atoms with Gasteiger partial charge in [-0.05, 0) is 30.0 Å². The average molecular weight is 337 g/mol. The van der Waals surface area contributed by atoms with Crippen molar-refractivity contribution >= 4 is 11.9 Å². The molecule has 1 heterocycles. The van der Waals surface area contributed by atoms with Crippen molar-refractivity contribution in [3.05, 3.63) is 71.3 Å². The molecule has 2 aromatic rings. The number of fused-ring (bicyclic) bond motifs is 1. The summed E-state index contributed by atoms with van der Waals surface area (Å²) in [7, 11) is 0. The van der Waals surface area contributed by atoms with Crippen LogP contribution in [-0.4, -0.2) is 27.9 Å². The van der Waals surface area contributed by atoms with E-state index in [0.717, 1.165) is 5.56 Å². The average Bonchev–Trinajstić information content (AvgIpc) is 2.61. The number of rotatable bonds is 4. The van der Waals surface area contributed by atoms with Crippen molar-refractivity contribution in [1.29, 1.82) is 0 Å². The SMILES string of the molecule is CC(C)C1C(C(=O)O)c2ccccc2C(=O)N1C(C)c1ccccc1. The Bertz CT molecular complexity index is 785. The van der Waals surface area contributed by atoms with Gasteiger partial charge in [0.25, 0.3) is 5.91 Å². The van der Waals surface area contributed by atoms with Crippen LogP contribution in [0.5, 0.6) is 0 Å². The molecule has 0 saturated heterocycles. The smallest absolute Gasteiger partial charge is 0.313 e. The minimum Gasteiger partial charge on any atom is -0.481 e. The number of amides is 1. The molecule has 0 saturated carbocycles. The second-order valence-electron chi connectivity index (χ2n) is 6.94. The van der Waals surface area contributed by atoms with Gasteiger partial charge >= 0.3 is 5.97 Å².